The summed E-state index contributed by atoms with van der Waals surface area (Å²) in [5.74, 6) is 0. The first-order chi connectivity index (χ1) is 17.7. The molecule has 1 aliphatic heterocycles. The molecule has 0 saturated heterocycles. The first kappa shape index (κ1) is 23.1. The van der Waals surface area contributed by atoms with Gasteiger partial charge >= 0.3 is 5.68 Å². The number of rotatable bonds is 5. The van der Waals surface area contributed by atoms with Crippen molar-refractivity contribution in [1.82, 2.24) is 4.81 Å². The third kappa shape index (κ3) is 3.22. The normalized spacial score (nSPS) is 15.8. The first-order valence-corrected chi connectivity index (χ1v) is 13.0. The van der Waals surface area contributed by atoms with Crippen LogP contribution in [0.1, 0.15) is 33.4 Å². The number of benzene rings is 5. The van der Waals surface area contributed by atoms with E-state index in [4.69, 9.17) is 22.9 Å². The fourth-order valence-electron chi connectivity index (χ4n) is 6.15. The standard InChI is InChI=1S/C32H24BCl2N/c34-33(35)36-31(25-15-5-1-6-16-25,26-17-7-2-8-18-26)29-23-13-14-24-30(29)32(36,27-19-9-3-10-20-27)28-21-11-4-12-22-28/h1-24H. The molecule has 0 fully saturated rings. The van der Waals surface area contributed by atoms with Crippen molar-refractivity contribution in [1.29, 1.82) is 0 Å². The zero-order chi connectivity index (χ0) is 24.6. The highest BCUT2D eigenvalue weighted by Gasteiger charge is 2.63. The molecule has 0 amide bonds. The van der Waals surface area contributed by atoms with E-state index in [0.717, 1.165) is 22.3 Å². The Hall–Kier alpha value is -3.30. The van der Waals surface area contributed by atoms with Crippen LogP contribution in [0.2, 0.25) is 0 Å². The lowest BCUT2D eigenvalue weighted by Gasteiger charge is -2.49. The zero-order valence-corrected chi connectivity index (χ0v) is 21.1. The van der Waals surface area contributed by atoms with Crippen molar-refractivity contribution in [2.75, 3.05) is 0 Å². The zero-order valence-electron chi connectivity index (χ0n) is 19.6. The highest BCUT2D eigenvalue weighted by molar-refractivity contribution is 7.32. The lowest BCUT2D eigenvalue weighted by molar-refractivity contribution is 0.216. The fourth-order valence-corrected chi connectivity index (χ4v) is 6.73. The average molecular weight is 504 g/mol. The molecule has 5 aromatic carbocycles. The van der Waals surface area contributed by atoms with Gasteiger partial charge in [-0.1, -0.05) is 146 Å². The minimum atomic E-state index is -0.835. The second-order valence-electron chi connectivity index (χ2n) is 9.08. The van der Waals surface area contributed by atoms with Gasteiger partial charge in [0.25, 0.3) is 0 Å². The minimum Gasteiger partial charge on any atom is -0.281 e. The minimum absolute atomic E-state index is 0.737. The van der Waals surface area contributed by atoms with Crippen LogP contribution in [0.25, 0.3) is 0 Å². The molecule has 1 nitrogen and oxygen atoms in total. The summed E-state index contributed by atoms with van der Waals surface area (Å²) in [5.41, 5.74) is 4.48. The maximum absolute atomic E-state index is 7.13. The van der Waals surface area contributed by atoms with Gasteiger partial charge in [0.15, 0.2) is 0 Å². The van der Waals surface area contributed by atoms with E-state index in [-0.39, 0.29) is 0 Å². The van der Waals surface area contributed by atoms with E-state index < -0.39 is 16.8 Å². The summed E-state index contributed by atoms with van der Waals surface area (Å²) < 4.78 is 0. The van der Waals surface area contributed by atoms with Gasteiger partial charge in [-0.15, -0.1) is 22.9 Å². The second-order valence-corrected chi connectivity index (χ2v) is 10.1. The topological polar surface area (TPSA) is 3.24 Å². The molecule has 5 aromatic rings. The van der Waals surface area contributed by atoms with Crippen molar-refractivity contribution in [2.24, 2.45) is 0 Å². The Morgan fingerprint density at radius 1 is 0.389 bits per heavy atom. The molecule has 0 spiro atoms. The van der Waals surface area contributed by atoms with Crippen LogP contribution < -0.4 is 0 Å². The van der Waals surface area contributed by atoms with Crippen molar-refractivity contribution in [3.63, 3.8) is 0 Å². The predicted molar refractivity (Wildman–Crippen MR) is 151 cm³/mol. The van der Waals surface area contributed by atoms with Gasteiger partial charge in [0, 0.05) is 0 Å². The molecular formula is C32H24BCl2N. The monoisotopic (exact) mass is 503 g/mol. The van der Waals surface area contributed by atoms with E-state index in [2.05, 4.69) is 126 Å². The molecule has 0 radical (unpaired) electrons. The van der Waals surface area contributed by atoms with Gasteiger partial charge in [0.1, 0.15) is 0 Å². The van der Waals surface area contributed by atoms with Crippen LogP contribution in [-0.2, 0) is 11.1 Å². The number of hydrogen-bond acceptors (Lipinski definition) is 1. The van der Waals surface area contributed by atoms with Crippen LogP contribution in [0.15, 0.2) is 146 Å². The van der Waals surface area contributed by atoms with Gasteiger partial charge in [-0.25, -0.2) is 0 Å². The molecule has 0 unspecified atom stereocenters. The SMILES string of the molecule is ClB(Cl)N1C(c2ccccc2)(c2ccccc2)c2ccccc2C1(c1ccccc1)c1ccccc1. The van der Waals surface area contributed by atoms with Gasteiger partial charge in [-0.3, -0.25) is 4.81 Å². The Labute approximate surface area is 222 Å². The highest BCUT2D eigenvalue weighted by Crippen LogP contribution is 2.61. The van der Waals surface area contributed by atoms with Gasteiger partial charge in [-0.05, 0) is 33.4 Å². The van der Waals surface area contributed by atoms with E-state index in [1.165, 1.54) is 11.1 Å². The molecule has 0 bridgehead atoms. The summed E-state index contributed by atoms with van der Waals surface area (Å²) in [5, 5.41) is 0. The summed E-state index contributed by atoms with van der Waals surface area (Å²) in [7, 11) is 0. The molecule has 36 heavy (non-hydrogen) atoms. The largest absolute Gasteiger partial charge is 0.437 e. The van der Waals surface area contributed by atoms with E-state index in [9.17, 15) is 0 Å². The van der Waals surface area contributed by atoms with Crippen LogP contribution >= 0.6 is 22.9 Å². The molecule has 174 valence electrons. The van der Waals surface area contributed by atoms with Crippen molar-refractivity contribution in [3.05, 3.63) is 179 Å². The lowest BCUT2D eigenvalue weighted by Crippen LogP contribution is -2.57. The maximum atomic E-state index is 7.13. The van der Waals surface area contributed by atoms with Gasteiger partial charge < -0.3 is 0 Å². The Morgan fingerprint density at radius 2 is 0.639 bits per heavy atom. The predicted octanol–water partition coefficient (Wildman–Crippen LogP) is 8.05. The molecule has 0 aromatic heterocycles. The Kier molecular flexibility index (Phi) is 5.97. The number of halogens is 2. The Morgan fingerprint density at radius 3 is 0.889 bits per heavy atom. The van der Waals surface area contributed by atoms with Crippen molar-refractivity contribution in [3.8, 4) is 0 Å². The van der Waals surface area contributed by atoms with Gasteiger partial charge in [0.05, 0.1) is 11.1 Å². The third-order valence-corrected chi connectivity index (χ3v) is 7.78. The molecule has 0 atom stereocenters. The van der Waals surface area contributed by atoms with Crippen LogP contribution in [0.4, 0.5) is 0 Å². The molecule has 1 aliphatic rings. The van der Waals surface area contributed by atoms with Crippen LogP contribution in [0.5, 0.6) is 0 Å². The van der Waals surface area contributed by atoms with Gasteiger partial charge in [-0.2, -0.15) is 0 Å². The summed E-state index contributed by atoms with van der Waals surface area (Å²) >= 11 is 14.3. The number of nitrogens with zero attached hydrogens (tertiary/aromatic N) is 1. The highest BCUT2D eigenvalue weighted by atomic mass is 35.5. The first-order valence-electron chi connectivity index (χ1n) is 12.1. The third-order valence-electron chi connectivity index (χ3n) is 7.39. The van der Waals surface area contributed by atoms with Crippen molar-refractivity contribution < 1.29 is 0 Å². The van der Waals surface area contributed by atoms with Gasteiger partial charge in [0.2, 0.25) is 0 Å². The van der Waals surface area contributed by atoms with E-state index in [1.807, 2.05) is 24.3 Å². The van der Waals surface area contributed by atoms with Crippen LogP contribution in [0, 0.1) is 0 Å². The Balaban J connectivity index is 1.85. The van der Waals surface area contributed by atoms with E-state index in [1.54, 1.807) is 0 Å². The molecular weight excluding hydrogens is 480 g/mol. The fraction of sp³-hybridized carbons (Fsp3) is 0.0625. The Bertz CT molecular complexity index is 1270. The molecule has 1 heterocycles. The van der Waals surface area contributed by atoms with E-state index in [0.29, 0.717) is 0 Å². The summed E-state index contributed by atoms with van der Waals surface area (Å²) in [6.07, 6.45) is 0. The van der Waals surface area contributed by atoms with Crippen LogP contribution in [-0.4, -0.2) is 10.5 Å². The molecule has 0 saturated carbocycles. The van der Waals surface area contributed by atoms with Crippen molar-refractivity contribution in [2.45, 2.75) is 11.1 Å². The van der Waals surface area contributed by atoms with E-state index >= 15 is 0 Å². The number of hydrogen-bond donors (Lipinski definition) is 0. The van der Waals surface area contributed by atoms with Crippen molar-refractivity contribution >= 4 is 28.6 Å². The smallest absolute Gasteiger partial charge is 0.281 e. The average Bonchev–Trinajstić information content (AvgIpc) is 3.24. The molecule has 4 heteroatoms. The second kappa shape index (κ2) is 9.30. The van der Waals surface area contributed by atoms with Crippen LogP contribution in [0.3, 0.4) is 0 Å². The molecule has 6 rings (SSSR count). The summed E-state index contributed by atoms with van der Waals surface area (Å²) in [4.78, 5) is 2.29. The summed E-state index contributed by atoms with van der Waals surface area (Å²) in [6, 6.07) is 51.0. The molecule has 0 N–H and O–H groups in total. The quantitative estimate of drug-likeness (QED) is 0.219. The maximum Gasteiger partial charge on any atom is 0.437 e. The molecule has 0 aliphatic carbocycles. The summed E-state index contributed by atoms with van der Waals surface area (Å²) in [6.45, 7) is 0. The number of fused-ring (bicyclic) bond motifs is 1. The lowest BCUT2D eigenvalue weighted by atomic mass is 9.75.